The van der Waals surface area contributed by atoms with Crippen molar-refractivity contribution < 1.29 is 22.6 Å². The Balaban J connectivity index is 0.000000370. The average Bonchev–Trinajstić information content (AvgIpc) is 2.39. The van der Waals surface area contributed by atoms with E-state index in [2.05, 4.69) is 20.9 Å². The Morgan fingerprint density at radius 3 is 1.85 bits per heavy atom. The van der Waals surface area contributed by atoms with E-state index in [1.54, 1.807) is 12.1 Å². The summed E-state index contributed by atoms with van der Waals surface area (Å²) in [5.74, 6) is 0. The number of aliphatic hydroxyl groups excluding tert-OH is 1. The van der Waals surface area contributed by atoms with Crippen molar-refractivity contribution in [2.45, 2.75) is 25.7 Å². The molecule has 0 aromatic heterocycles. The van der Waals surface area contributed by atoms with E-state index < -0.39 is 10.1 Å². The third-order valence-corrected chi connectivity index (χ3v) is 4.33. The number of aryl methyl sites for hydroxylation is 1. The first-order valence-electron chi connectivity index (χ1n) is 6.65. The molecule has 0 unspecified atom stereocenters. The van der Waals surface area contributed by atoms with Crippen molar-refractivity contribution in [3.8, 4) is 0 Å². The lowest BCUT2D eigenvalue weighted by Crippen LogP contribution is -2.45. The van der Waals surface area contributed by atoms with Crippen LogP contribution in [0.25, 0.3) is 0 Å². The first-order valence-corrected chi connectivity index (χ1v) is 8.06. The van der Waals surface area contributed by atoms with Crippen LogP contribution < -0.4 is 0 Å². The second-order valence-electron chi connectivity index (χ2n) is 4.97. The highest BCUT2D eigenvalue weighted by atomic mass is 32.2. The predicted octanol–water partition coefficient (Wildman–Crippen LogP) is 1.36. The maximum atomic E-state index is 10.4. The topological polar surface area (TPSA) is 77.4 Å². The Morgan fingerprint density at radius 1 is 1.15 bits per heavy atom. The van der Waals surface area contributed by atoms with Crippen molar-refractivity contribution in [2.75, 3.05) is 33.3 Å². The summed E-state index contributed by atoms with van der Waals surface area (Å²) < 4.78 is 32.1. The van der Waals surface area contributed by atoms with Gasteiger partial charge in [0.15, 0.2) is 0 Å². The van der Waals surface area contributed by atoms with E-state index in [9.17, 15) is 13.0 Å². The largest absolute Gasteiger partial charge is 0.744 e. The van der Waals surface area contributed by atoms with E-state index in [1.165, 1.54) is 12.1 Å². The van der Waals surface area contributed by atoms with Gasteiger partial charge in [-0.2, -0.15) is 0 Å². The quantitative estimate of drug-likeness (QED) is 0.658. The second-order valence-corrected chi connectivity index (χ2v) is 6.35. The third-order valence-electron chi connectivity index (χ3n) is 3.48. The van der Waals surface area contributed by atoms with Gasteiger partial charge in [0.2, 0.25) is 0 Å². The Morgan fingerprint density at radius 2 is 1.60 bits per heavy atom. The van der Waals surface area contributed by atoms with Crippen LogP contribution in [-0.2, 0) is 10.1 Å². The van der Waals surface area contributed by atoms with Crippen LogP contribution in [0.1, 0.15) is 19.4 Å². The summed E-state index contributed by atoms with van der Waals surface area (Å²) in [5.41, 5.74) is 0.928. The second kappa shape index (κ2) is 8.36. The molecule has 0 amide bonds. The first-order chi connectivity index (χ1) is 9.18. The SMILES string of the molecule is CC[N+](C)(CC)CCO.Cc1ccc(S(=O)(=O)[O-])cc1. The van der Waals surface area contributed by atoms with E-state index >= 15 is 0 Å². The molecule has 0 aliphatic carbocycles. The highest BCUT2D eigenvalue weighted by molar-refractivity contribution is 7.85. The van der Waals surface area contributed by atoms with Gasteiger partial charge in [-0.1, -0.05) is 17.7 Å². The molecule has 0 fully saturated rings. The maximum Gasteiger partial charge on any atom is 0.124 e. The molecule has 0 atom stereocenters. The van der Waals surface area contributed by atoms with Crippen LogP contribution in [-0.4, -0.2) is 55.8 Å². The summed E-state index contributed by atoms with van der Waals surface area (Å²) in [6.45, 7) is 9.53. The summed E-state index contributed by atoms with van der Waals surface area (Å²) in [4.78, 5) is -0.178. The van der Waals surface area contributed by atoms with Crippen LogP contribution in [0.3, 0.4) is 0 Å². The molecule has 0 aliphatic rings. The molecule has 0 saturated carbocycles. The van der Waals surface area contributed by atoms with Gasteiger partial charge in [0.25, 0.3) is 0 Å². The fourth-order valence-corrected chi connectivity index (χ4v) is 1.96. The van der Waals surface area contributed by atoms with Gasteiger partial charge < -0.3 is 14.1 Å². The Labute approximate surface area is 122 Å². The third kappa shape index (κ3) is 7.00. The van der Waals surface area contributed by atoms with Crippen LogP contribution in [0.15, 0.2) is 29.2 Å². The molecule has 5 nitrogen and oxygen atoms in total. The molecule has 0 radical (unpaired) electrons. The zero-order chi connectivity index (χ0) is 15.8. The highest BCUT2D eigenvalue weighted by Crippen LogP contribution is 2.08. The molecule has 1 N–H and O–H groups in total. The minimum absolute atomic E-state index is 0.178. The Kier molecular flexibility index (Phi) is 7.96. The number of hydrogen-bond donors (Lipinski definition) is 1. The lowest BCUT2D eigenvalue weighted by molar-refractivity contribution is -0.906. The summed E-state index contributed by atoms with van der Waals surface area (Å²) in [5, 5.41) is 8.65. The van der Waals surface area contributed by atoms with E-state index in [0.29, 0.717) is 6.61 Å². The number of quaternary nitrogens is 1. The first kappa shape index (κ1) is 19.1. The maximum absolute atomic E-state index is 10.4. The van der Waals surface area contributed by atoms with Gasteiger partial charge in [-0.3, -0.25) is 0 Å². The zero-order valence-corrected chi connectivity index (χ0v) is 13.5. The van der Waals surface area contributed by atoms with E-state index in [4.69, 9.17) is 5.11 Å². The summed E-state index contributed by atoms with van der Waals surface area (Å²) in [6, 6.07) is 5.78. The minimum atomic E-state index is -4.27. The van der Waals surface area contributed by atoms with Crippen molar-refractivity contribution in [1.29, 1.82) is 0 Å². The van der Waals surface area contributed by atoms with Gasteiger partial charge in [0, 0.05) is 0 Å². The number of likely N-dealkylation sites (N-methyl/N-ethyl adjacent to an activating group) is 1. The number of nitrogens with zero attached hydrogens (tertiary/aromatic N) is 1. The van der Waals surface area contributed by atoms with Crippen molar-refractivity contribution in [1.82, 2.24) is 0 Å². The molecule has 1 rings (SSSR count). The molecule has 0 aliphatic heterocycles. The normalized spacial score (nSPS) is 11.7. The van der Waals surface area contributed by atoms with Crippen molar-refractivity contribution >= 4 is 10.1 Å². The van der Waals surface area contributed by atoms with E-state index in [-0.39, 0.29) is 4.90 Å². The molecular weight excluding hydrogens is 278 g/mol. The lowest BCUT2D eigenvalue weighted by atomic mass is 10.2. The molecule has 6 heteroatoms. The standard InChI is InChI=1S/C7H18NO.C7H8O3S/c1-4-8(3,5-2)6-7-9;1-6-2-4-7(5-3-6)11(8,9)10/h9H,4-7H2,1-3H3;2-5H,1H3,(H,8,9,10)/q+1;/p-1. The zero-order valence-electron chi connectivity index (χ0n) is 12.7. The average molecular weight is 303 g/mol. The van der Waals surface area contributed by atoms with E-state index in [0.717, 1.165) is 29.7 Å². The molecule has 116 valence electrons. The van der Waals surface area contributed by atoms with Crippen molar-refractivity contribution in [3.05, 3.63) is 29.8 Å². The monoisotopic (exact) mass is 303 g/mol. The predicted molar refractivity (Wildman–Crippen MR) is 78.4 cm³/mol. The van der Waals surface area contributed by atoms with Gasteiger partial charge in [0.05, 0.1) is 31.6 Å². The smallest absolute Gasteiger partial charge is 0.124 e. The highest BCUT2D eigenvalue weighted by Gasteiger charge is 2.13. The van der Waals surface area contributed by atoms with Gasteiger partial charge in [-0.15, -0.1) is 0 Å². The van der Waals surface area contributed by atoms with Crippen LogP contribution >= 0.6 is 0 Å². The number of aliphatic hydroxyl groups is 1. The fraction of sp³-hybridized carbons (Fsp3) is 0.571. The van der Waals surface area contributed by atoms with Crippen LogP contribution in [0.4, 0.5) is 0 Å². The van der Waals surface area contributed by atoms with Crippen molar-refractivity contribution in [2.24, 2.45) is 0 Å². The van der Waals surface area contributed by atoms with Gasteiger partial charge in [0.1, 0.15) is 16.7 Å². The summed E-state index contributed by atoms with van der Waals surface area (Å²) >= 11 is 0. The van der Waals surface area contributed by atoms with Gasteiger partial charge in [-0.05, 0) is 32.9 Å². The number of rotatable bonds is 5. The molecule has 20 heavy (non-hydrogen) atoms. The molecule has 0 bridgehead atoms. The molecule has 1 aromatic carbocycles. The lowest BCUT2D eigenvalue weighted by Gasteiger charge is -2.31. The van der Waals surface area contributed by atoms with Gasteiger partial charge >= 0.3 is 0 Å². The van der Waals surface area contributed by atoms with Crippen LogP contribution in [0.2, 0.25) is 0 Å². The Hall–Kier alpha value is -0.950. The summed E-state index contributed by atoms with van der Waals surface area (Å²) in [6.07, 6.45) is 0. The minimum Gasteiger partial charge on any atom is -0.744 e. The number of benzene rings is 1. The molecular formula is C14H25NO4S. The summed E-state index contributed by atoms with van der Waals surface area (Å²) in [7, 11) is -2.11. The Bertz CT molecular complexity index is 478. The van der Waals surface area contributed by atoms with Crippen LogP contribution in [0, 0.1) is 6.92 Å². The molecule has 0 spiro atoms. The van der Waals surface area contributed by atoms with E-state index in [1.807, 2.05) is 6.92 Å². The molecule has 0 saturated heterocycles. The molecule has 0 heterocycles. The van der Waals surface area contributed by atoms with Crippen molar-refractivity contribution in [3.63, 3.8) is 0 Å². The fourth-order valence-electron chi connectivity index (χ4n) is 1.49. The molecule has 1 aromatic rings. The van der Waals surface area contributed by atoms with Gasteiger partial charge in [-0.25, -0.2) is 8.42 Å². The number of hydrogen-bond acceptors (Lipinski definition) is 4. The van der Waals surface area contributed by atoms with Crippen LogP contribution in [0.5, 0.6) is 0 Å².